The predicted molar refractivity (Wildman–Crippen MR) is 86.1 cm³/mol. The van der Waals surface area contributed by atoms with Gasteiger partial charge in [0.1, 0.15) is 13.1 Å². The Morgan fingerprint density at radius 1 is 0.955 bits per heavy atom. The van der Waals surface area contributed by atoms with Gasteiger partial charge in [-0.05, 0) is 35.4 Å². The van der Waals surface area contributed by atoms with Crippen molar-refractivity contribution in [2.24, 2.45) is 0 Å². The van der Waals surface area contributed by atoms with E-state index in [9.17, 15) is 4.79 Å². The fourth-order valence-electron chi connectivity index (χ4n) is 2.64. The maximum absolute atomic E-state index is 12.7. The molecule has 4 nitrogen and oxygen atoms in total. The normalized spacial score (nSPS) is 22.2. The highest BCUT2D eigenvalue weighted by molar-refractivity contribution is 6.14. The molecule has 3 rings (SSSR count). The third-order valence-corrected chi connectivity index (χ3v) is 3.62. The van der Waals surface area contributed by atoms with E-state index in [1.165, 1.54) is 4.90 Å². The van der Waals surface area contributed by atoms with Crippen LogP contribution in [0.1, 0.15) is 11.1 Å². The number of hydrogen-bond acceptors (Lipinski definition) is 3. The summed E-state index contributed by atoms with van der Waals surface area (Å²) >= 11 is 0. The Balaban J connectivity index is 1.92. The molecule has 1 aliphatic rings. The molecule has 0 amide bonds. The number of likely N-dealkylation sites (N-methyl/N-ethyl adjacent to an activating group) is 1. The molecular weight excluding hydrogens is 274 g/mol. The van der Waals surface area contributed by atoms with Crippen LogP contribution in [0.5, 0.6) is 0 Å². The molecule has 0 spiro atoms. The van der Waals surface area contributed by atoms with Gasteiger partial charge in [0.25, 0.3) is 0 Å². The van der Waals surface area contributed by atoms with Crippen molar-refractivity contribution in [3.05, 3.63) is 71.3 Å². The molecule has 0 saturated carbocycles. The van der Waals surface area contributed by atoms with Crippen molar-refractivity contribution >= 4 is 17.9 Å². The van der Waals surface area contributed by atoms with E-state index in [2.05, 4.69) is 17.0 Å². The highest BCUT2D eigenvalue weighted by atomic mass is 16.1. The maximum Gasteiger partial charge on any atom is 0.196 e. The molecule has 1 saturated heterocycles. The van der Waals surface area contributed by atoms with Gasteiger partial charge in [0.05, 0.1) is 18.2 Å². The van der Waals surface area contributed by atoms with Crippen molar-refractivity contribution < 1.29 is 9.69 Å². The van der Waals surface area contributed by atoms with Crippen molar-refractivity contribution in [3.8, 4) is 0 Å². The van der Waals surface area contributed by atoms with Gasteiger partial charge in [-0.15, -0.1) is 0 Å². The number of aromatic nitrogens is 2. The summed E-state index contributed by atoms with van der Waals surface area (Å²) in [5.74, 6) is 0.123. The van der Waals surface area contributed by atoms with Gasteiger partial charge in [0.15, 0.2) is 5.78 Å². The van der Waals surface area contributed by atoms with Crippen LogP contribution in [0.3, 0.4) is 0 Å². The first kappa shape index (κ1) is 14.4. The third-order valence-electron chi connectivity index (χ3n) is 3.62. The van der Waals surface area contributed by atoms with E-state index in [1.54, 1.807) is 24.8 Å². The molecule has 0 aromatic carbocycles. The number of piperidine rings is 1. The van der Waals surface area contributed by atoms with Crippen LogP contribution in [0.4, 0.5) is 0 Å². The van der Waals surface area contributed by atoms with Gasteiger partial charge in [-0.25, -0.2) is 0 Å². The van der Waals surface area contributed by atoms with Crippen LogP contribution >= 0.6 is 0 Å². The minimum Gasteiger partial charge on any atom is -0.330 e. The molecule has 0 atom stereocenters. The highest BCUT2D eigenvalue weighted by Crippen LogP contribution is 2.15. The van der Waals surface area contributed by atoms with Crippen LogP contribution in [-0.2, 0) is 4.79 Å². The van der Waals surface area contributed by atoms with Crippen molar-refractivity contribution in [1.29, 1.82) is 0 Å². The molecule has 1 fully saturated rings. The largest absolute Gasteiger partial charge is 0.330 e. The summed E-state index contributed by atoms with van der Waals surface area (Å²) in [6, 6.07) is 7.68. The Bertz CT molecular complexity index is 659. The topological polar surface area (TPSA) is 47.3 Å². The van der Waals surface area contributed by atoms with Crippen molar-refractivity contribution in [2.75, 3.05) is 20.1 Å². The molecule has 0 aliphatic carbocycles. The molecule has 22 heavy (non-hydrogen) atoms. The van der Waals surface area contributed by atoms with Gasteiger partial charge in [0.2, 0.25) is 0 Å². The number of carbonyl (C=O) groups excluding carboxylic acids is 1. The van der Waals surface area contributed by atoms with E-state index in [-0.39, 0.29) is 5.78 Å². The fourth-order valence-corrected chi connectivity index (χ4v) is 2.64. The highest BCUT2D eigenvalue weighted by Gasteiger charge is 2.26. The number of likely N-dealkylation sites (tertiary alicyclic amines) is 1. The number of Topliss-reactive ketones (excluding diaryl/α,β-unsaturated/α-hetero) is 1. The summed E-state index contributed by atoms with van der Waals surface area (Å²) in [5, 5.41) is 0. The summed E-state index contributed by atoms with van der Waals surface area (Å²) < 4.78 is 0. The lowest BCUT2D eigenvalue weighted by Crippen LogP contribution is -3.10. The number of carbonyl (C=O) groups is 1. The van der Waals surface area contributed by atoms with Gasteiger partial charge in [0, 0.05) is 24.8 Å². The predicted octanol–water partition coefficient (Wildman–Crippen LogP) is 1.04. The second-order valence-electron chi connectivity index (χ2n) is 5.55. The number of ketones is 1. The van der Waals surface area contributed by atoms with E-state index in [1.807, 2.05) is 36.4 Å². The first-order chi connectivity index (χ1) is 10.7. The van der Waals surface area contributed by atoms with E-state index in [4.69, 9.17) is 0 Å². The summed E-state index contributed by atoms with van der Waals surface area (Å²) in [7, 11) is 2.10. The second-order valence-corrected chi connectivity index (χ2v) is 5.55. The molecule has 3 heterocycles. The standard InChI is InChI=1S/C18H17N3O/c1-21-12-16(8-14-4-2-6-19-10-14)18(22)17(13-21)9-15-5-3-7-20-11-15/h2-11H,12-13H2,1H3/p+1. The van der Waals surface area contributed by atoms with Gasteiger partial charge < -0.3 is 4.90 Å². The number of pyridine rings is 2. The van der Waals surface area contributed by atoms with Crippen LogP contribution < -0.4 is 4.90 Å². The number of nitrogens with zero attached hydrogens (tertiary/aromatic N) is 2. The van der Waals surface area contributed by atoms with E-state index >= 15 is 0 Å². The lowest BCUT2D eigenvalue weighted by atomic mass is 9.95. The first-order valence-corrected chi connectivity index (χ1v) is 7.29. The Hall–Kier alpha value is -2.59. The van der Waals surface area contributed by atoms with Crippen molar-refractivity contribution in [1.82, 2.24) is 9.97 Å². The summed E-state index contributed by atoms with van der Waals surface area (Å²) in [6.45, 7) is 1.47. The number of quaternary nitrogens is 1. The first-order valence-electron chi connectivity index (χ1n) is 7.29. The molecule has 0 radical (unpaired) electrons. The average Bonchev–Trinajstić information content (AvgIpc) is 2.54. The molecule has 1 N–H and O–H groups in total. The number of hydrogen-bond donors (Lipinski definition) is 1. The van der Waals surface area contributed by atoms with Crippen LogP contribution in [0.2, 0.25) is 0 Å². The smallest absolute Gasteiger partial charge is 0.196 e. The minimum atomic E-state index is 0.123. The SMILES string of the molecule is C[NH+]1CC(=Cc2cccnc2)C(=O)C(=Cc2cccnc2)C1. The van der Waals surface area contributed by atoms with E-state index in [0.717, 1.165) is 35.4 Å². The molecule has 2 aromatic heterocycles. The zero-order valence-corrected chi connectivity index (χ0v) is 12.5. The zero-order chi connectivity index (χ0) is 15.4. The Morgan fingerprint density at radius 3 is 1.86 bits per heavy atom. The Kier molecular flexibility index (Phi) is 4.21. The molecule has 4 heteroatoms. The molecule has 0 bridgehead atoms. The van der Waals surface area contributed by atoms with Crippen molar-refractivity contribution in [2.45, 2.75) is 0 Å². The molecule has 110 valence electrons. The van der Waals surface area contributed by atoms with Crippen LogP contribution in [0.25, 0.3) is 12.2 Å². The Labute approximate surface area is 129 Å². The van der Waals surface area contributed by atoms with Crippen LogP contribution in [0, 0.1) is 0 Å². The lowest BCUT2D eigenvalue weighted by molar-refractivity contribution is -0.870. The van der Waals surface area contributed by atoms with Gasteiger partial charge in [-0.1, -0.05) is 12.1 Å². The van der Waals surface area contributed by atoms with Gasteiger partial charge in [-0.3, -0.25) is 14.8 Å². The van der Waals surface area contributed by atoms with E-state index < -0.39 is 0 Å². The quantitative estimate of drug-likeness (QED) is 0.841. The number of nitrogens with one attached hydrogen (secondary N) is 1. The third kappa shape index (κ3) is 3.35. The monoisotopic (exact) mass is 292 g/mol. The Morgan fingerprint density at radius 2 is 1.45 bits per heavy atom. The molecule has 2 aromatic rings. The molecule has 0 unspecified atom stereocenters. The molecular formula is C18H18N3O+. The summed E-state index contributed by atoms with van der Waals surface area (Å²) in [5.41, 5.74) is 3.57. The average molecular weight is 292 g/mol. The van der Waals surface area contributed by atoms with E-state index in [0.29, 0.717) is 0 Å². The van der Waals surface area contributed by atoms with Gasteiger partial charge in [-0.2, -0.15) is 0 Å². The number of rotatable bonds is 2. The van der Waals surface area contributed by atoms with Crippen LogP contribution in [-0.4, -0.2) is 35.9 Å². The van der Waals surface area contributed by atoms with Crippen LogP contribution in [0.15, 0.2) is 60.2 Å². The fraction of sp³-hybridized carbons (Fsp3) is 0.167. The van der Waals surface area contributed by atoms with Crippen molar-refractivity contribution in [3.63, 3.8) is 0 Å². The minimum absolute atomic E-state index is 0.123. The molecule has 1 aliphatic heterocycles. The summed E-state index contributed by atoms with van der Waals surface area (Å²) in [6.07, 6.45) is 10.9. The van der Waals surface area contributed by atoms with Gasteiger partial charge >= 0.3 is 0 Å². The lowest BCUT2D eigenvalue weighted by Gasteiger charge is -2.23. The maximum atomic E-state index is 12.7. The zero-order valence-electron chi connectivity index (χ0n) is 12.5. The second kappa shape index (κ2) is 6.45. The summed E-state index contributed by atoms with van der Waals surface area (Å²) in [4.78, 5) is 22.2.